The van der Waals surface area contributed by atoms with E-state index in [9.17, 15) is 4.79 Å². The lowest BCUT2D eigenvalue weighted by molar-refractivity contribution is 0.0187. The zero-order valence-electron chi connectivity index (χ0n) is 11.5. The minimum Gasteiger partial charge on any atom is -0.459 e. The van der Waals surface area contributed by atoms with E-state index in [0.717, 1.165) is 37.7 Å². The molecule has 0 bridgehead atoms. The molecule has 0 aliphatic heterocycles. The topological polar surface area (TPSA) is 50.1 Å². The molecule has 0 unspecified atom stereocenters. The number of hydrogen-bond donors (Lipinski definition) is 0. The van der Waals surface area contributed by atoms with Gasteiger partial charge in [-0.25, -0.2) is 4.79 Å². The summed E-state index contributed by atoms with van der Waals surface area (Å²) in [5.74, 6) is -0.140. The average molecular weight is 269 g/mol. The first kappa shape index (κ1) is 14.3. The molecule has 3 heteroatoms. The van der Waals surface area contributed by atoms with Gasteiger partial charge in [0.1, 0.15) is 6.10 Å². The molecule has 1 aliphatic rings. The fraction of sp³-hybridized carbons (Fsp3) is 0.412. The summed E-state index contributed by atoms with van der Waals surface area (Å²) < 4.78 is 5.50. The van der Waals surface area contributed by atoms with E-state index in [0.29, 0.717) is 5.56 Å². The van der Waals surface area contributed by atoms with E-state index in [1.54, 1.807) is 12.1 Å². The van der Waals surface area contributed by atoms with Crippen molar-refractivity contribution in [3.63, 3.8) is 0 Å². The van der Waals surface area contributed by atoms with Crippen LogP contribution in [-0.2, 0) is 11.2 Å². The van der Waals surface area contributed by atoms with Gasteiger partial charge in [0.05, 0.1) is 11.6 Å². The molecule has 1 aliphatic carbocycles. The Bertz CT molecular complexity index is 505. The second-order valence-electron chi connectivity index (χ2n) is 5.20. The summed E-state index contributed by atoms with van der Waals surface area (Å²) in [5, 5.41) is 8.84. The normalized spacial score (nSPS) is 21.8. The molecule has 0 atom stereocenters. The number of nitriles is 1. The second kappa shape index (κ2) is 6.91. The minimum absolute atomic E-state index is 0.0417. The van der Waals surface area contributed by atoms with Crippen LogP contribution in [0, 0.1) is 17.2 Å². The molecule has 0 N–H and O–H groups in total. The molecule has 1 aromatic carbocycles. The maximum absolute atomic E-state index is 12.0. The molecule has 0 heterocycles. The lowest BCUT2D eigenvalue weighted by Crippen LogP contribution is -2.24. The van der Waals surface area contributed by atoms with Crippen LogP contribution in [0.25, 0.3) is 0 Å². The number of nitrogens with zero attached hydrogens (tertiary/aromatic N) is 1. The van der Waals surface area contributed by atoms with Gasteiger partial charge in [-0.2, -0.15) is 5.26 Å². The summed E-state index contributed by atoms with van der Waals surface area (Å²) in [4.78, 5) is 12.0. The Morgan fingerprint density at radius 3 is 2.50 bits per heavy atom. The van der Waals surface area contributed by atoms with Crippen molar-refractivity contribution in [2.24, 2.45) is 5.92 Å². The predicted molar refractivity (Wildman–Crippen MR) is 77.1 cm³/mol. The zero-order chi connectivity index (χ0) is 14.4. The van der Waals surface area contributed by atoms with Gasteiger partial charge in [-0.15, -0.1) is 6.58 Å². The third kappa shape index (κ3) is 3.71. The fourth-order valence-electron chi connectivity index (χ4n) is 2.47. The van der Waals surface area contributed by atoms with Gasteiger partial charge in [0, 0.05) is 5.92 Å². The molecule has 0 spiro atoms. The highest BCUT2D eigenvalue weighted by molar-refractivity contribution is 5.89. The number of carbonyl (C=O) groups is 1. The quantitative estimate of drug-likeness (QED) is 0.619. The smallest absolute Gasteiger partial charge is 0.338 e. The van der Waals surface area contributed by atoms with Gasteiger partial charge in [0.15, 0.2) is 0 Å². The first-order chi connectivity index (χ1) is 9.72. The number of rotatable bonds is 4. The molecule has 0 amide bonds. The Kier molecular flexibility index (Phi) is 4.95. The van der Waals surface area contributed by atoms with Crippen molar-refractivity contribution in [2.45, 2.75) is 38.2 Å². The highest BCUT2D eigenvalue weighted by Crippen LogP contribution is 2.26. The van der Waals surface area contributed by atoms with E-state index < -0.39 is 0 Å². The number of ether oxygens (including phenoxy) is 1. The Balaban J connectivity index is 1.89. The van der Waals surface area contributed by atoms with Crippen molar-refractivity contribution < 1.29 is 9.53 Å². The van der Waals surface area contributed by atoms with Crippen molar-refractivity contribution in [3.05, 3.63) is 48.0 Å². The van der Waals surface area contributed by atoms with E-state index >= 15 is 0 Å². The highest BCUT2D eigenvalue weighted by Gasteiger charge is 2.24. The van der Waals surface area contributed by atoms with Crippen LogP contribution in [-0.4, -0.2) is 12.1 Å². The van der Waals surface area contributed by atoms with Gasteiger partial charge in [-0.05, 0) is 49.8 Å². The Labute approximate surface area is 119 Å². The number of benzene rings is 1. The first-order valence-corrected chi connectivity index (χ1v) is 7.03. The molecule has 20 heavy (non-hydrogen) atoms. The van der Waals surface area contributed by atoms with Gasteiger partial charge in [0.25, 0.3) is 0 Å². The summed E-state index contributed by atoms with van der Waals surface area (Å²) >= 11 is 0. The molecular weight excluding hydrogens is 250 g/mol. The van der Waals surface area contributed by atoms with Crippen molar-refractivity contribution in [1.82, 2.24) is 0 Å². The Morgan fingerprint density at radius 1 is 1.30 bits per heavy atom. The van der Waals surface area contributed by atoms with E-state index in [2.05, 4.69) is 12.6 Å². The molecule has 2 rings (SSSR count). The monoisotopic (exact) mass is 269 g/mol. The Morgan fingerprint density at radius 2 is 1.95 bits per heavy atom. The SMILES string of the molecule is C=CCc1ccc(C(=O)O[C@H]2CC[C@H](C#N)CC2)cc1. The van der Waals surface area contributed by atoms with Crippen LogP contribution >= 0.6 is 0 Å². The van der Waals surface area contributed by atoms with E-state index in [1.807, 2.05) is 18.2 Å². The van der Waals surface area contributed by atoms with Gasteiger partial charge in [0.2, 0.25) is 0 Å². The van der Waals surface area contributed by atoms with Gasteiger partial charge >= 0.3 is 5.97 Å². The van der Waals surface area contributed by atoms with Gasteiger partial charge in [-0.3, -0.25) is 0 Å². The first-order valence-electron chi connectivity index (χ1n) is 7.03. The van der Waals surface area contributed by atoms with Gasteiger partial charge < -0.3 is 4.74 Å². The van der Waals surface area contributed by atoms with Crippen LogP contribution in [0.4, 0.5) is 0 Å². The van der Waals surface area contributed by atoms with Crippen molar-refractivity contribution in [2.75, 3.05) is 0 Å². The number of hydrogen-bond acceptors (Lipinski definition) is 3. The standard InChI is InChI=1S/C17H19NO2/c1-2-3-13-4-8-15(9-5-13)17(19)20-16-10-6-14(12-18)7-11-16/h2,4-5,8-9,14,16H,1,3,6-7,10-11H2/t14-,16-. The van der Waals surface area contributed by atoms with E-state index in [-0.39, 0.29) is 18.0 Å². The van der Waals surface area contributed by atoms with Crippen LogP contribution in [0.2, 0.25) is 0 Å². The van der Waals surface area contributed by atoms with Gasteiger partial charge in [-0.1, -0.05) is 18.2 Å². The maximum Gasteiger partial charge on any atom is 0.338 e. The molecule has 0 saturated heterocycles. The average Bonchev–Trinajstić information content (AvgIpc) is 2.49. The number of esters is 1. The van der Waals surface area contributed by atoms with E-state index in [4.69, 9.17) is 10.00 Å². The number of carbonyl (C=O) groups excluding carboxylic acids is 1. The van der Waals surface area contributed by atoms with Crippen LogP contribution in [0.1, 0.15) is 41.6 Å². The third-order valence-electron chi connectivity index (χ3n) is 3.70. The lowest BCUT2D eigenvalue weighted by atomic mass is 9.88. The zero-order valence-corrected chi connectivity index (χ0v) is 11.5. The second-order valence-corrected chi connectivity index (χ2v) is 5.20. The van der Waals surface area contributed by atoms with Crippen LogP contribution in [0.3, 0.4) is 0 Å². The van der Waals surface area contributed by atoms with Crippen LogP contribution in [0.15, 0.2) is 36.9 Å². The summed E-state index contributed by atoms with van der Waals surface area (Å²) in [6.07, 6.45) is 5.82. The molecule has 1 fully saturated rings. The number of allylic oxidation sites excluding steroid dienone is 1. The molecular formula is C17H19NO2. The lowest BCUT2D eigenvalue weighted by Gasteiger charge is -2.24. The van der Waals surface area contributed by atoms with Crippen LogP contribution < -0.4 is 0 Å². The molecule has 0 aromatic heterocycles. The predicted octanol–water partition coefficient (Wildman–Crippen LogP) is 3.65. The molecule has 1 aromatic rings. The largest absolute Gasteiger partial charge is 0.459 e. The molecule has 0 radical (unpaired) electrons. The Hall–Kier alpha value is -2.08. The summed E-state index contributed by atoms with van der Waals surface area (Å²) in [6, 6.07) is 9.71. The summed E-state index contributed by atoms with van der Waals surface area (Å²) in [6.45, 7) is 3.69. The van der Waals surface area contributed by atoms with Crippen molar-refractivity contribution in [3.8, 4) is 6.07 Å². The van der Waals surface area contributed by atoms with Crippen LogP contribution in [0.5, 0.6) is 0 Å². The fourth-order valence-corrected chi connectivity index (χ4v) is 2.47. The molecule has 1 saturated carbocycles. The molecule has 104 valence electrons. The van der Waals surface area contributed by atoms with Crippen molar-refractivity contribution in [1.29, 1.82) is 5.26 Å². The summed E-state index contributed by atoms with van der Waals surface area (Å²) in [5.41, 5.74) is 1.71. The summed E-state index contributed by atoms with van der Waals surface area (Å²) in [7, 11) is 0. The third-order valence-corrected chi connectivity index (χ3v) is 3.70. The van der Waals surface area contributed by atoms with Crippen molar-refractivity contribution >= 4 is 5.97 Å². The minimum atomic E-state index is -0.268. The maximum atomic E-state index is 12.0. The van der Waals surface area contributed by atoms with E-state index in [1.165, 1.54) is 0 Å². The highest BCUT2D eigenvalue weighted by atomic mass is 16.5. The molecule has 3 nitrogen and oxygen atoms in total.